The lowest BCUT2D eigenvalue weighted by Crippen LogP contribution is -2.45. The Labute approximate surface area is 535 Å². The number of phosphoric ester groups is 1. The third-order valence-electron chi connectivity index (χ3n) is 16.6. The molecule has 0 spiro atoms. The van der Waals surface area contributed by atoms with Crippen molar-refractivity contribution in [3.8, 4) is 0 Å². The molecule has 0 aromatic carbocycles. The zero-order valence-corrected chi connectivity index (χ0v) is 58.4. The van der Waals surface area contributed by atoms with Crippen LogP contribution in [0.1, 0.15) is 348 Å². The molecule has 0 aromatic heterocycles. The van der Waals surface area contributed by atoms with Crippen LogP contribution in [0, 0.1) is 0 Å². The molecule has 2 N–H and O–H groups in total. The summed E-state index contributed by atoms with van der Waals surface area (Å²) in [5.41, 5.74) is 0. The highest BCUT2D eigenvalue weighted by Crippen LogP contribution is 2.38. The first-order chi connectivity index (χ1) is 42.0. The number of allylic oxidation sites excluding steroid dienone is 13. The van der Waals surface area contributed by atoms with E-state index in [4.69, 9.17) is 9.05 Å². The van der Waals surface area contributed by atoms with Gasteiger partial charge < -0.3 is 28.8 Å². The minimum Gasteiger partial charge on any atom is -0.756 e. The van der Waals surface area contributed by atoms with Crippen LogP contribution in [-0.2, 0) is 18.4 Å². The normalized spacial score (nSPS) is 14.1. The van der Waals surface area contributed by atoms with Crippen LogP contribution in [0.15, 0.2) is 85.1 Å². The average Bonchev–Trinajstić information content (AvgIpc) is 3.70. The highest BCUT2D eigenvalue weighted by molar-refractivity contribution is 7.45. The Morgan fingerprint density at radius 1 is 0.419 bits per heavy atom. The third-order valence-corrected chi connectivity index (χ3v) is 17.6. The first kappa shape index (κ1) is 83.7. The number of carbonyl (C=O) groups is 1. The second-order valence-corrected chi connectivity index (χ2v) is 27.7. The van der Waals surface area contributed by atoms with Crippen LogP contribution in [0.4, 0.5) is 0 Å². The van der Waals surface area contributed by atoms with Crippen LogP contribution in [0.5, 0.6) is 0 Å². The number of hydrogen-bond donors (Lipinski definition) is 2. The maximum absolute atomic E-state index is 13.0. The second kappa shape index (κ2) is 67.1. The van der Waals surface area contributed by atoms with Crippen molar-refractivity contribution in [2.24, 2.45) is 0 Å². The molecule has 86 heavy (non-hydrogen) atoms. The van der Waals surface area contributed by atoms with E-state index in [1.807, 2.05) is 27.2 Å². The van der Waals surface area contributed by atoms with Gasteiger partial charge in [0.2, 0.25) is 5.91 Å². The second-order valence-electron chi connectivity index (χ2n) is 26.3. The molecule has 0 aliphatic carbocycles. The summed E-state index contributed by atoms with van der Waals surface area (Å²) in [6.07, 6.45) is 95.9. The van der Waals surface area contributed by atoms with Crippen molar-refractivity contribution in [3.05, 3.63) is 85.1 Å². The molecule has 0 rings (SSSR count). The summed E-state index contributed by atoms with van der Waals surface area (Å²) in [6, 6.07) is -0.906. The van der Waals surface area contributed by atoms with Crippen molar-refractivity contribution in [2.75, 3.05) is 40.9 Å². The molecule has 1 amide bonds. The van der Waals surface area contributed by atoms with Gasteiger partial charge in [0.15, 0.2) is 0 Å². The fourth-order valence-corrected chi connectivity index (χ4v) is 11.6. The van der Waals surface area contributed by atoms with E-state index in [2.05, 4.69) is 92.1 Å². The van der Waals surface area contributed by atoms with Crippen LogP contribution in [0.3, 0.4) is 0 Å². The van der Waals surface area contributed by atoms with Gasteiger partial charge in [-0.25, -0.2) is 0 Å². The standard InChI is InChI=1S/C77H143N2O6P/c1-6-8-10-12-14-16-18-20-22-24-26-28-30-32-33-34-35-36-37-38-39-40-41-42-43-44-45-47-49-51-53-55-57-59-61-63-65-67-69-71-77(81)78-75(74-85-86(82,83)84-73-72-79(3,4)5)76(80)70-68-66-64-62-60-58-56-54-52-50-48-46-31-29-27-25-23-21-19-17-15-13-11-9-7-2/h8,10,14,16,20,22,26,28,32-33,60,62,68,70,75-76,80H,6-7,9,11-13,15,17-19,21,23-25,27,29-31,34-59,61,63-67,69,71-74H2,1-5H3,(H-,78,81,82,83)/b10-8-,16-14-,22-20-,28-26-,33-32-,62-60+,70-68+. The third kappa shape index (κ3) is 69.2. The summed E-state index contributed by atoms with van der Waals surface area (Å²) in [4.78, 5) is 25.6. The Balaban J connectivity index is 4.00. The number of aliphatic hydroxyl groups is 1. The quantitative estimate of drug-likeness (QED) is 0.0272. The number of aliphatic hydroxyl groups excluding tert-OH is 1. The number of amides is 1. The van der Waals surface area contributed by atoms with Crippen molar-refractivity contribution < 1.29 is 32.9 Å². The minimum atomic E-state index is -4.61. The molecule has 0 aliphatic rings. The van der Waals surface area contributed by atoms with Crippen molar-refractivity contribution in [3.63, 3.8) is 0 Å². The number of nitrogens with one attached hydrogen (secondary N) is 1. The SMILES string of the molecule is CC/C=C\C/C=C\C/C=C\C/C=C\C/C=C\CCCCCCCCCCCCCCCCCCCCCCCCCC(=O)NC(COP(=O)([O-])OCC[N+](C)(C)C)C(O)/C=C/CC/C=C/CCCCCCCCCCCCCCCCCCCCC. The van der Waals surface area contributed by atoms with E-state index in [0.29, 0.717) is 17.4 Å². The van der Waals surface area contributed by atoms with Crippen molar-refractivity contribution in [2.45, 2.75) is 360 Å². The van der Waals surface area contributed by atoms with Crippen LogP contribution in [0.2, 0.25) is 0 Å². The van der Waals surface area contributed by atoms with E-state index in [1.54, 1.807) is 6.08 Å². The van der Waals surface area contributed by atoms with Gasteiger partial charge in [0.05, 0.1) is 39.9 Å². The molecule has 0 aromatic rings. The summed E-state index contributed by atoms with van der Waals surface area (Å²) >= 11 is 0. The van der Waals surface area contributed by atoms with Crippen molar-refractivity contribution >= 4 is 13.7 Å². The highest BCUT2D eigenvalue weighted by Gasteiger charge is 2.23. The summed E-state index contributed by atoms with van der Waals surface area (Å²) in [6.45, 7) is 4.56. The lowest BCUT2D eigenvalue weighted by Gasteiger charge is -2.29. The van der Waals surface area contributed by atoms with E-state index in [1.165, 1.54) is 257 Å². The molecule has 0 radical (unpaired) electrons. The predicted octanol–water partition coefficient (Wildman–Crippen LogP) is 23.3. The number of quaternary nitrogens is 1. The fraction of sp³-hybridized carbons (Fsp3) is 0.805. The molecule has 0 bridgehead atoms. The Hall–Kier alpha value is -2.32. The Kier molecular flexibility index (Phi) is 65.3. The molecule has 9 heteroatoms. The molecule has 502 valence electrons. The number of phosphoric acid groups is 1. The molecule has 8 nitrogen and oxygen atoms in total. The maximum Gasteiger partial charge on any atom is 0.268 e. The Morgan fingerprint density at radius 3 is 1.08 bits per heavy atom. The molecular weight excluding hydrogens is 1080 g/mol. The summed E-state index contributed by atoms with van der Waals surface area (Å²) < 4.78 is 23.5. The first-order valence-electron chi connectivity index (χ1n) is 36.9. The van der Waals surface area contributed by atoms with E-state index in [-0.39, 0.29) is 12.5 Å². The zero-order chi connectivity index (χ0) is 62.6. The minimum absolute atomic E-state index is 0.00649. The van der Waals surface area contributed by atoms with Gasteiger partial charge in [-0.15, -0.1) is 0 Å². The molecule has 0 heterocycles. The van der Waals surface area contributed by atoms with Crippen LogP contribution in [-0.4, -0.2) is 68.5 Å². The van der Waals surface area contributed by atoms with Gasteiger partial charge >= 0.3 is 0 Å². The van der Waals surface area contributed by atoms with Crippen molar-refractivity contribution in [1.82, 2.24) is 5.32 Å². The Morgan fingerprint density at radius 2 is 0.721 bits per heavy atom. The lowest BCUT2D eigenvalue weighted by atomic mass is 10.0. The van der Waals surface area contributed by atoms with Gasteiger partial charge in [0, 0.05) is 6.42 Å². The topological polar surface area (TPSA) is 108 Å². The maximum atomic E-state index is 13.0. The first-order valence-corrected chi connectivity index (χ1v) is 38.4. The smallest absolute Gasteiger partial charge is 0.268 e. The lowest BCUT2D eigenvalue weighted by molar-refractivity contribution is -0.870. The fourth-order valence-electron chi connectivity index (χ4n) is 10.9. The number of hydrogen-bond acceptors (Lipinski definition) is 6. The van der Waals surface area contributed by atoms with Crippen molar-refractivity contribution in [1.29, 1.82) is 0 Å². The van der Waals surface area contributed by atoms with Gasteiger partial charge in [0.25, 0.3) is 7.82 Å². The van der Waals surface area contributed by atoms with Gasteiger partial charge in [0.1, 0.15) is 13.2 Å². The zero-order valence-electron chi connectivity index (χ0n) is 57.5. The van der Waals surface area contributed by atoms with E-state index in [9.17, 15) is 19.4 Å². The van der Waals surface area contributed by atoms with Gasteiger partial charge in [-0.05, 0) is 77.0 Å². The largest absolute Gasteiger partial charge is 0.756 e. The number of unbranched alkanes of at least 4 members (excludes halogenated alkanes) is 43. The number of likely N-dealkylation sites (N-methyl/N-ethyl adjacent to an activating group) is 1. The molecule has 3 atom stereocenters. The van der Waals surface area contributed by atoms with Gasteiger partial charge in [-0.2, -0.15) is 0 Å². The van der Waals surface area contributed by atoms with Crippen LogP contribution < -0.4 is 10.2 Å². The number of carbonyl (C=O) groups excluding carboxylic acids is 1. The van der Waals surface area contributed by atoms with Crippen LogP contribution in [0.25, 0.3) is 0 Å². The van der Waals surface area contributed by atoms with Gasteiger partial charge in [-0.1, -0.05) is 349 Å². The monoisotopic (exact) mass is 1220 g/mol. The summed E-state index contributed by atoms with van der Waals surface area (Å²) in [5.74, 6) is -0.202. The van der Waals surface area contributed by atoms with E-state index < -0.39 is 26.6 Å². The molecule has 0 saturated carbocycles. The van der Waals surface area contributed by atoms with E-state index in [0.717, 1.165) is 70.6 Å². The number of rotatable bonds is 68. The molecule has 0 aliphatic heterocycles. The molecule has 3 unspecified atom stereocenters. The average molecular weight is 1220 g/mol. The van der Waals surface area contributed by atoms with Crippen LogP contribution >= 0.6 is 7.82 Å². The summed E-state index contributed by atoms with van der Waals surface area (Å²) in [7, 11) is 1.25. The van der Waals surface area contributed by atoms with E-state index >= 15 is 0 Å². The number of nitrogens with zero attached hydrogens (tertiary/aromatic N) is 1. The summed E-state index contributed by atoms with van der Waals surface area (Å²) in [5, 5.41) is 14.0. The molecular formula is C77H143N2O6P. The van der Waals surface area contributed by atoms with Gasteiger partial charge in [-0.3, -0.25) is 9.36 Å². The molecule has 0 saturated heterocycles. The Bertz CT molecular complexity index is 1680. The molecule has 0 fully saturated rings. The highest BCUT2D eigenvalue weighted by atomic mass is 31.2. The predicted molar refractivity (Wildman–Crippen MR) is 376 cm³/mol.